The van der Waals surface area contributed by atoms with E-state index in [-0.39, 0.29) is 5.92 Å². The zero-order chi connectivity index (χ0) is 13.0. The number of benzene rings is 1. The summed E-state index contributed by atoms with van der Waals surface area (Å²) in [4.78, 5) is 13.2. The number of carbonyl (C=O) groups is 1. The van der Waals surface area contributed by atoms with Crippen molar-refractivity contribution in [3.63, 3.8) is 0 Å². The van der Waals surface area contributed by atoms with Gasteiger partial charge in [-0.2, -0.15) is 0 Å². The summed E-state index contributed by atoms with van der Waals surface area (Å²) in [6, 6.07) is 10.5. The van der Waals surface area contributed by atoms with Crippen LogP contribution in [-0.4, -0.2) is 35.6 Å². The van der Waals surface area contributed by atoms with E-state index in [0.29, 0.717) is 12.5 Å². The Morgan fingerprint density at radius 1 is 1.44 bits per heavy atom. The summed E-state index contributed by atoms with van der Waals surface area (Å²) < 4.78 is 0. The van der Waals surface area contributed by atoms with Crippen molar-refractivity contribution >= 4 is 5.97 Å². The fraction of sp³-hybridized carbons (Fsp3) is 0.533. The van der Waals surface area contributed by atoms with E-state index in [4.69, 9.17) is 5.11 Å². The zero-order valence-electron chi connectivity index (χ0n) is 10.9. The number of hydrogen-bond donors (Lipinski definition) is 1. The number of nitrogens with zero attached hydrogens (tertiary/aromatic N) is 1. The molecule has 2 rings (SSSR count). The van der Waals surface area contributed by atoms with Crippen molar-refractivity contribution in [1.29, 1.82) is 0 Å². The zero-order valence-corrected chi connectivity index (χ0v) is 10.9. The van der Waals surface area contributed by atoms with Crippen molar-refractivity contribution in [1.82, 2.24) is 4.90 Å². The lowest BCUT2D eigenvalue weighted by Gasteiger charge is -2.20. The highest BCUT2D eigenvalue weighted by atomic mass is 16.4. The minimum atomic E-state index is -0.645. The Bertz CT molecular complexity index is 391. The number of aliphatic carboxylic acids is 1. The third-order valence-electron chi connectivity index (χ3n) is 3.62. The smallest absolute Gasteiger partial charge is 0.307 e. The van der Waals surface area contributed by atoms with E-state index in [1.165, 1.54) is 5.56 Å². The SMILES string of the molecule is CC(Cc1ccccc1)CN1CCC(C(=O)O)C1. The van der Waals surface area contributed by atoms with Gasteiger partial charge < -0.3 is 10.0 Å². The average Bonchev–Trinajstić information content (AvgIpc) is 2.78. The Labute approximate surface area is 108 Å². The standard InChI is InChI=1S/C15H21NO2/c1-12(9-13-5-3-2-4-6-13)10-16-8-7-14(11-16)15(17)18/h2-6,12,14H,7-11H2,1H3,(H,17,18). The van der Waals surface area contributed by atoms with Crippen LogP contribution < -0.4 is 0 Å². The van der Waals surface area contributed by atoms with Gasteiger partial charge in [0, 0.05) is 13.1 Å². The van der Waals surface area contributed by atoms with Crippen molar-refractivity contribution in [2.24, 2.45) is 11.8 Å². The van der Waals surface area contributed by atoms with Crippen LogP contribution in [0.2, 0.25) is 0 Å². The van der Waals surface area contributed by atoms with E-state index in [1.54, 1.807) is 0 Å². The van der Waals surface area contributed by atoms with Crippen LogP contribution in [0.3, 0.4) is 0 Å². The number of carboxylic acid groups (broad SMARTS) is 1. The Morgan fingerprint density at radius 2 is 2.17 bits per heavy atom. The second-order valence-corrected chi connectivity index (χ2v) is 5.38. The molecule has 0 bridgehead atoms. The summed E-state index contributed by atoms with van der Waals surface area (Å²) in [5.41, 5.74) is 1.36. The number of carboxylic acids is 1. The van der Waals surface area contributed by atoms with Crippen LogP contribution in [0.15, 0.2) is 30.3 Å². The molecule has 0 amide bonds. The maximum Gasteiger partial charge on any atom is 0.307 e. The molecule has 0 radical (unpaired) electrons. The molecular formula is C15H21NO2. The van der Waals surface area contributed by atoms with E-state index in [1.807, 2.05) is 6.07 Å². The molecule has 1 aromatic carbocycles. The third kappa shape index (κ3) is 3.57. The van der Waals surface area contributed by atoms with Gasteiger partial charge in [-0.15, -0.1) is 0 Å². The van der Waals surface area contributed by atoms with Crippen LogP contribution >= 0.6 is 0 Å². The summed E-state index contributed by atoms with van der Waals surface area (Å²) in [7, 11) is 0. The van der Waals surface area contributed by atoms with Crippen molar-refractivity contribution in [3.05, 3.63) is 35.9 Å². The first-order valence-corrected chi connectivity index (χ1v) is 6.64. The third-order valence-corrected chi connectivity index (χ3v) is 3.62. The average molecular weight is 247 g/mol. The lowest BCUT2D eigenvalue weighted by molar-refractivity contribution is -0.141. The summed E-state index contributed by atoms with van der Waals surface area (Å²) in [5, 5.41) is 8.97. The van der Waals surface area contributed by atoms with Crippen molar-refractivity contribution < 1.29 is 9.90 Å². The molecular weight excluding hydrogens is 226 g/mol. The number of likely N-dealkylation sites (tertiary alicyclic amines) is 1. The molecule has 2 unspecified atom stereocenters. The Kier molecular flexibility index (Phi) is 4.37. The van der Waals surface area contributed by atoms with E-state index in [0.717, 1.165) is 25.9 Å². The molecule has 1 aliphatic rings. The second-order valence-electron chi connectivity index (χ2n) is 5.38. The van der Waals surface area contributed by atoms with Gasteiger partial charge in [0.25, 0.3) is 0 Å². The van der Waals surface area contributed by atoms with Gasteiger partial charge >= 0.3 is 5.97 Å². The number of hydrogen-bond acceptors (Lipinski definition) is 2. The Hall–Kier alpha value is -1.35. The molecule has 1 aliphatic heterocycles. The summed E-state index contributed by atoms with van der Waals surface area (Å²) in [6.45, 7) is 4.88. The molecule has 3 nitrogen and oxygen atoms in total. The summed E-state index contributed by atoms with van der Waals surface area (Å²) >= 11 is 0. The van der Waals surface area contributed by atoms with Gasteiger partial charge in [0.15, 0.2) is 0 Å². The highest BCUT2D eigenvalue weighted by molar-refractivity contribution is 5.70. The predicted molar refractivity (Wildman–Crippen MR) is 71.5 cm³/mol. The maximum absolute atomic E-state index is 10.9. The molecule has 0 spiro atoms. The molecule has 3 heteroatoms. The topological polar surface area (TPSA) is 40.5 Å². The lowest BCUT2D eigenvalue weighted by atomic mass is 10.0. The normalized spacial score (nSPS) is 21.9. The van der Waals surface area contributed by atoms with Crippen LogP contribution in [-0.2, 0) is 11.2 Å². The molecule has 18 heavy (non-hydrogen) atoms. The van der Waals surface area contributed by atoms with Crippen molar-refractivity contribution in [2.75, 3.05) is 19.6 Å². The molecule has 1 aromatic rings. The van der Waals surface area contributed by atoms with E-state index >= 15 is 0 Å². The van der Waals surface area contributed by atoms with Gasteiger partial charge in [-0.25, -0.2) is 0 Å². The lowest BCUT2D eigenvalue weighted by Crippen LogP contribution is -2.28. The molecule has 2 atom stereocenters. The molecule has 0 aliphatic carbocycles. The Morgan fingerprint density at radius 3 is 2.78 bits per heavy atom. The van der Waals surface area contributed by atoms with Crippen LogP contribution in [0.5, 0.6) is 0 Å². The minimum absolute atomic E-state index is 0.158. The van der Waals surface area contributed by atoms with Gasteiger partial charge in [0.05, 0.1) is 5.92 Å². The summed E-state index contributed by atoms with van der Waals surface area (Å²) in [5.74, 6) is -0.234. The summed E-state index contributed by atoms with van der Waals surface area (Å²) in [6.07, 6.45) is 1.86. The van der Waals surface area contributed by atoms with Gasteiger partial charge in [-0.05, 0) is 30.9 Å². The van der Waals surface area contributed by atoms with Gasteiger partial charge in [-0.3, -0.25) is 4.79 Å². The fourth-order valence-corrected chi connectivity index (χ4v) is 2.72. The molecule has 0 saturated carbocycles. The van der Waals surface area contributed by atoms with Crippen molar-refractivity contribution in [3.8, 4) is 0 Å². The van der Waals surface area contributed by atoms with Gasteiger partial charge in [0.1, 0.15) is 0 Å². The molecule has 1 fully saturated rings. The van der Waals surface area contributed by atoms with Gasteiger partial charge in [-0.1, -0.05) is 37.3 Å². The first-order chi connectivity index (χ1) is 8.65. The molecule has 0 aromatic heterocycles. The minimum Gasteiger partial charge on any atom is -0.481 e. The largest absolute Gasteiger partial charge is 0.481 e. The highest BCUT2D eigenvalue weighted by Crippen LogP contribution is 2.19. The molecule has 98 valence electrons. The van der Waals surface area contributed by atoms with Crippen molar-refractivity contribution in [2.45, 2.75) is 19.8 Å². The molecule has 1 saturated heterocycles. The number of rotatable bonds is 5. The predicted octanol–water partition coefficient (Wildman–Crippen LogP) is 2.27. The monoisotopic (exact) mass is 247 g/mol. The molecule has 1 heterocycles. The fourth-order valence-electron chi connectivity index (χ4n) is 2.72. The van der Waals surface area contributed by atoms with E-state index < -0.39 is 5.97 Å². The second kappa shape index (κ2) is 6.01. The molecule has 1 N–H and O–H groups in total. The quantitative estimate of drug-likeness (QED) is 0.867. The Balaban J connectivity index is 1.78. The van der Waals surface area contributed by atoms with E-state index in [9.17, 15) is 4.79 Å². The van der Waals surface area contributed by atoms with E-state index in [2.05, 4.69) is 36.1 Å². The first-order valence-electron chi connectivity index (χ1n) is 6.64. The van der Waals surface area contributed by atoms with Crippen LogP contribution in [0.25, 0.3) is 0 Å². The van der Waals surface area contributed by atoms with Crippen LogP contribution in [0, 0.1) is 11.8 Å². The highest BCUT2D eigenvalue weighted by Gasteiger charge is 2.28. The maximum atomic E-state index is 10.9. The van der Waals surface area contributed by atoms with Gasteiger partial charge in [0.2, 0.25) is 0 Å². The first kappa shape index (κ1) is 13.1. The van der Waals surface area contributed by atoms with Crippen LogP contribution in [0.1, 0.15) is 18.9 Å². The van der Waals surface area contributed by atoms with Crippen LogP contribution in [0.4, 0.5) is 0 Å².